The van der Waals surface area contributed by atoms with E-state index in [2.05, 4.69) is 0 Å². The van der Waals surface area contributed by atoms with Crippen LogP contribution in [0.15, 0.2) is 10.9 Å². The van der Waals surface area contributed by atoms with Gasteiger partial charge in [-0.05, 0) is 0 Å². The van der Waals surface area contributed by atoms with E-state index < -0.39 is 29.2 Å². The lowest BCUT2D eigenvalue weighted by Gasteiger charge is -2.01. The lowest BCUT2D eigenvalue weighted by Crippen LogP contribution is -2.08. The molecule has 66 valence electrons. The van der Waals surface area contributed by atoms with Crippen molar-refractivity contribution in [1.29, 1.82) is 0 Å². The largest absolute Gasteiger partial charge is 0.492 e. The quantitative estimate of drug-likeness (QED) is 0.679. The minimum absolute atomic E-state index is 0.402. The average molecular weight is 179 g/mol. The van der Waals surface area contributed by atoms with E-state index in [-0.39, 0.29) is 0 Å². The van der Waals surface area contributed by atoms with E-state index in [4.69, 9.17) is 5.11 Å². The summed E-state index contributed by atoms with van der Waals surface area (Å²) in [6.45, 7) is 0. The Kier molecular flexibility index (Phi) is 2.07. The topological polar surface area (TPSA) is 53.1 Å². The molecule has 0 aliphatic carbocycles. The molecule has 0 unspecified atom stereocenters. The van der Waals surface area contributed by atoms with Crippen LogP contribution in [0.3, 0.4) is 0 Å². The molecule has 0 saturated carbocycles. The van der Waals surface area contributed by atoms with Gasteiger partial charge < -0.3 is 5.11 Å². The maximum Gasteiger partial charge on any atom is 0.267 e. The summed E-state index contributed by atoms with van der Waals surface area (Å²) in [5.41, 5.74) is -2.07. The zero-order valence-corrected chi connectivity index (χ0v) is 5.64. The summed E-state index contributed by atoms with van der Waals surface area (Å²) in [5.74, 6) is -2.66. The van der Waals surface area contributed by atoms with Crippen molar-refractivity contribution in [2.24, 2.45) is 0 Å². The molecular weight excluding hydrogens is 175 g/mol. The first-order valence-electron chi connectivity index (χ1n) is 2.92. The van der Waals surface area contributed by atoms with Gasteiger partial charge in [-0.15, -0.1) is 0 Å². The lowest BCUT2D eigenvalue weighted by molar-refractivity contribution is 0.144. The smallest absolute Gasteiger partial charge is 0.267 e. The first-order chi connectivity index (χ1) is 5.52. The number of H-pyrrole nitrogens is 1. The molecule has 0 saturated heterocycles. The van der Waals surface area contributed by atoms with Gasteiger partial charge in [-0.1, -0.05) is 0 Å². The first kappa shape index (κ1) is 8.63. The lowest BCUT2D eigenvalue weighted by atomic mass is 10.2. The number of rotatable bonds is 1. The minimum atomic E-state index is -3.11. The minimum Gasteiger partial charge on any atom is -0.492 e. The number of hydrogen-bond acceptors (Lipinski definition) is 2. The summed E-state index contributed by atoms with van der Waals surface area (Å²) in [4.78, 5) is 12.1. The fraction of sp³-hybridized carbons (Fsp3) is 0.167. The Balaban J connectivity index is 3.38. The van der Waals surface area contributed by atoms with Crippen LogP contribution in [-0.4, -0.2) is 10.1 Å². The highest BCUT2D eigenvalue weighted by Crippen LogP contribution is 2.23. The predicted molar refractivity (Wildman–Crippen MR) is 33.6 cm³/mol. The van der Waals surface area contributed by atoms with Gasteiger partial charge in [-0.25, -0.2) is 13.2 Å². The third-order valence-corrected chi connectivity index (χ3v) is 1.22. The van der Waals surface area contributed by atoms with E-state index in [9.17, 15) is 18.0 Å². The van der Waals surface area contributed by atoms with Gasteiger partial charge >= 0.3 is 0 Å². The predicted octanol–water partition coefficient (Wildman–Crippen LogP) is 1.16. The summed E-state index contributed by atoms with van der Waals surface area (Å²) in [6.07, 6.45) is -3.11. The number of aromatic hydroxyl groups is 1. The van der Waals surface area contributed by atoms with Gasteiger partial charge in [-0.2, -0.15) is 0 Å². The van der Waals surface area contributed by atoms with Crippen molar-refractivity contribution in [2.45, 2.75) is 6.43 Å². The molecule has 3 nitrogen and oxygen atoms in total. The van der Waals surface area contributed by atoms with Crippen LogP contribution in [0.4, 0.5) is 13.2 Å². The van der Waals surface area contributed by atoms with E-state index in [1.54, 1.807) is 4.98 Å². The standard InChI is InChI=1S/C6H4F3NO2/c7-4-2(5(8)9)1-3(11)10-6(4)12/h1,5H,(H2,10,11,12). The van der Waals surface area contributed by atoms with Gasteiger partial charge in [0.1, 0.15) is 0 Å². The Morgan fingerprint density at radius 3 is 2.58 bits per heavy atom. The van der Waals surface area contributed by atoms with Crippen LogP contribution >= 0.6 is 0 Å². The number of nitrogens with one attached hydrogen (secondary N) is 1. The fourth-order valence-electron chi connectivity index (χ4n) is 0.708. The van der Waals surface area contributed by atoms with Crippen molar-refractivity contribution in [3.8, 4) is 5.88 Å². The van der Waals surface area contributed by atoms with Gasteiger partial charge in [0, 0.05) is 6.07 Å². The van der Waals surface area contributed by atoms with E-state index in [0.29, 0.717) is 6.07 Å². The van der Waals surface area contributed by atoms with Crippen molar-refractivity contribution in [1.82, 2.24) is 4.98 Å². The molecule has 0 amide bonds. The second-order valence-electron chi connectivity index (χ2n) is 2.05. The molecule has 0 aliphatic heterocycles. The Morgan fingerprint density at radius 2 is 2.08 bits per heavy atom. The van der Waals surface area contributed by atoms with Gasteiger partial charge in [0.05, 0.1) is 5.56 Å². The number of halogens is 3. The van der Waals surface area contributed by atoms with Crippen molar-refractivity contribution >= 4 is 0 Å². The second-order valence-corrected chi connectivity index (χ2v) is 2.05. The maximum atomic E-state index is 12.5. The summed E-state index contributed by atoms with van der Waals surface area (Å²) in [7, 11) is 0. The van der Waals surface area contributed by atoms with Crippen LogP contribution in [0.1, 0.15) is 12.0 Å². The van der Waals surface area contributed by atoms with Crippen LogP contribution in [0.2, 0.25) is 0 Å². The zero-order valence-electron chi connectivity index (χ0n) is 5.64. The molecule has 12 heavy (non-hydrogen) atoms. The highest BCUT2D eigenvalue weighted by molar-refractivity contribution is 5.23. The van der Waals surface area contributed by atoms with E-state index in [1.807, 2.05) is 0 Å². The monoisotopic (exact) mass is 179 g/mol. The normalized spacial score (nSPS) is 10.7. The maximum absolute atomic E-state index is 12.5. The molecule has 1 aromatic heterocycles. The zero-order chi connectivity index (χ0) is 9.30. The van der Waals surface area contributed by atoms with Crippen LogP contribution in [-0.2, 0) is 0 Å². The highest BCUT2D eigenvalue weighted by atomic mass is 19.3. The Morgan fingerprint density at radius 1 is 1.50 bits per heavy atom. The molecule has 1 rings (SSSR count). The van der Waals surface area contributed by atoms with Crippen molar-refractivity contribution < 1.29 is 18.3 Å². The van der Waals surface area contributed by atoms with E-state index in [0.717, 1.165) is 0 Å². The number of aromatic amines is 1. The number of hydrogen-bond donors (Lipinski definition) is 2. The second kappa shape index (κ2) is 2.88. The first-order valence-corrected chi connectivity index (χ1v) is 2.92. The molecule has 0 aliphatic rings. The fourth-order valence-corrected chi connectivity index (χ4v) is 0.708. The molecule has 6 heteroatoms. The van der Waals surface area contributed by atoms with Crippen molar-refractivity contribution in [2.75, 3.05) is 0 Å². The average Bonchev–Trinajstić information content (AvgIpc) is 1.96. The van der Waals surface area contributed by atoms with Crippen LogP contribution in [0.5, 0.6) is 5.88 Å². The molecular formula is C6H4F3NO2. The number of aromatic nitrogens is 1. The number of pyridine rings is 1. The van der Waals surface area contributed by atoms with Gasteiger partial charge in [0.2, 0.25) is 5.88 Å². The molecule has 0 atom stereocenters. The molecule has 0 radical (unpaired) electrons. The third kappa shape index (κ3) is 1.41. The highest BCUT2D eigenvalue weighted by Gasteiger charge is 2.17. The molecule has 1 heterocycles. The molecule has 0 aromatic carbocycles. The summed E-state index contributed by atoms with van der Waals surface area (Å²) < 4.78 is 36.3. The third-order valence-electron chi connectivity index (χ3n) is 1.22. The van der Waals surface area contributed by atoms with E-state index >= 15 is 0 Å². The summed E-state index contributed by atoms with van der Waals surface area (Å²) in [5, 5.41) is 8.57. The molecule has 0 spiro atoms. The Hall–Kier alpha value is -1.46. The molecule has 0 fully saturated rings. The van der Waals surface area contributed by atoms with Crippen LogP contribution in [0, 0.1) is 5.82 Å². The Labute approximate surface area is 64.5 Å². The number of alkyl halides is 2. The Bertz CT molecular complexity index is 347. The SMILES string of the molecule is O=c1cc(C(F)F)c(F)c(O)[nH]1. The van der Waals surface area contributed by atoms with Crippen LogP contribution < -0.4 is 5.56 Å². The van der Waals surface area contributed by atoms with Crippen molar-refractivity contribution in [3.63, 3.8) is 0 Å². The molecule has 0 bridgehead atoms. The molecule has 1 aromatic rings. The molecule has 2 N–H and O–H groups in total. The summed E-state index contributed by atoms with van der Waals surface area (Å²) >= 11 is 0. The van der Waals surface area contributed by atoms with E-state index in [1.165, 1.54) is 0 Å². The summed E-state index contributed by atoms with van der Waals surface area (Å²) in [6, 6.07) is 0.402. The van der Waals surface area contributed by atoms with Gasteiger partial charge in [0.25, 0.3) is 12.0 Å². The van der Waals surface area contributed by atoms with Gasteiger partial charge in [0.15, 0.2) is 5.82 Å². The van der Waals surface area contributed by atoms with Gasteiger partial charge in [-0.3, -0.25) is 9.78 Å². The van der Waals surface area contributed by atoms with Crippen LogP contribution in [0.25, 0.3) is 0 Å². The van der Waals surface area contributed by atoms with Crippen molar-refractivity contribution in [3.05, 3.63) is 27.8 Å².